The van der Waals surface area contributed by atoms with E-state index in [9.17, 15) is 13.2 Å². The van der Waals surface area contributed by atoms with Gasteiger partial charge in [-0.25, -0.2) is 8.42 Å². The van der Waals surface area contributed by atoms with Crippen LogP contribution >= 0.6 is 10.7 Å². The van der Waals surface area contributed by atoms with Gasteiger partial charge in [0.15, 0.2) is 0 Å². The molecule has 1 heterocycles. The van der Waals surface area contributed by atoms with Crippen molar-refractivity contribution in [1.82, 2.24) is 5.32 Å². The molecule has 1 N–H and O–H groups in total. The van der Waals surface area contributed by atoms with Crippen LogP contribution < -0.4 is 10.1 Å². The molecule has 0 bridgehead atoms. The molecule has 1 fully saturated rings. The molecule has 1 aromatic rings. The van der Waals surface area contributed by atoms with E-state index in [1.807, 2.05) is 6.92 Å². The van der Waals surface area contributed by atoms with Crippen LogP contribution in [-0.4, -0.2) is 20.9 Å². The molecule has 20 heavy (non-hydrogen) atoms. The predicted octanol–water partition coefficient (Wildman–Crippen LogP) is 1.82. The van der Waals surface area contributed by atoms with Gasteiger partial charge in [-0.1, -0.05) is 6.92 Å². The van der Waals surface area contributed by atoms with Crippen molar-refractivity contribution in [1.29, 1.82) is 0 Å². The Labute approximate surface area is 121 Å². The Morgan fingerprint density at radius 1 is 1.45 bits per heavy atom. The number of hydrogen-bond donors (Lipinski definition) is 1. The second-order valence-corrected chi connectivity index (χ2v) is 7.90. The minimum Gasteiger partial charge on any atom is -0.491 e. The van der Waals surface area contributed by atoms with Crippen LogP contribution in [0.4, 0.5) is 0 Å². The topological polar surface area (TPSA) is 72.5 Å². The van der Waals surface area contributed by atoms with Crippen LogP contribution in [0.15, 0.2) is 23.1 Å². The fourth-order valence-electron chi connectivity index (χ4n) is 2.43. The van der Waals surface area contributed by atoms with Gasteiger partial charge in [-0.3, -0.25) is 4.79 Å². The number of benzene rings is 1. The summed E-state index contributed by atoms with van der Waals surface area (Å²) in [6.45, 7) is 2.34. The average Bonchev–Trinajstić information content (AvgIpc) is 2.97. The summed E-state index contributed by atoms with van der Waals surface area (Å²) in [7, 11) is 1.55. The van der Waals surface area contributed by atoms with E-state index in [0.717, 1.165) is 6.42 Å². The first-order chi connectivity index (χ1) is 9.36. The molecule has 3 rings (SSSR count). The predicted molar refractivity (Wildman–Crippen MR) is 73.1 cm³/mol. The summed E-state index contributed by atoms with van der Waals surface area (Å²) < 4.78 is 28.2. The molecular formula is C13H14ClNO4S. The smallest absolute Gasteiger partial charge is 0.261 e. The van der Waals surface area contributed by atoms with Gasteiger partial charge in [0.25, 0.3) is 9.05 Å². The highest BCUT2D eigenvalue weighted by Gasteiger charge is 2.40. The summed E-state index contributed by atoms with van der Waals surface area (Å²) in [5.74, 6) is 1.08. The van der Waals surface area contributed by atoms with Crippen molar-refractivity contribution >= 4 is 25.6 Å². The molecule has 0 radical (unpaired) electrons. The zero-order valence-corrected chi connectivity index (χ0v) is 12.4. The van der Waals surface area contributed by atoms with E-state index in [1.165, 1.54) is 12.1 Å². The first-order valence-electron chi connectivity index (χ1n) is 6.38. The van der Waals surface area contributed by atoms with E-state index in [4.69, 9.17) is 15.4 Å². The van der Waals surface area contributed by atoms with Gasteiger partial charge in [-0.15, -0.1) is 0 Å². The molecule has 2 aliphatic rings. The molecular weight excluding hydrogens is 302 g/mol. The summed E-state index contributed by atoms with van der Waals surface area (Å²) >= 11 is 0. The van der Waals surface area contributed by atoms with Gasteiger partial charge in [0, 0.05) is 22.2 Å². The summed E-state index contributed by atoms with van der Waals surface area (Å²) in [6, 6.07) is 4.11. The zero-order chi connectivity index (χ0) is 14.5. The van der Waals surface area contributed by atoms with Gasteiger partial charge in [0.05, 0.1) is 10.9 Å². The lowest BCUT2D eigenvalue weighted by Gasteiger charge is -2.12. The first-order valence-corrected chi connectivity index (χ1v) is 8.69. The Morgan fingerprint density at radius 2 is 2.15 bits per heavy atom. The lowest BCUT2D eigenvalue weighted by Crippen LogP contribution is -2.31. The normalized spacial score (nSPS) is 27.6. The second-order valence-electron chi connectivity index (χ2n) is 5.33. The van der Waals surface area contributed by atoms with Crippen molar-refractivity contribution in [2.45, 2.75) is 24.3 Å². The molecule has 1 aliphatic carbocycles. The third kappa shape index (κ3) is 2.50. The number of hydrogen-bond acceptors (Lipinski definition) is 4. The fraction of sp³-hybridized carbons (Fsp3) is 0.462. The maximum Gasteiger partial charge on any atom is 0.261 e. The maximum absolute atomic E-state index is 12.0. The molecule has 1 saturated carbocycles. The van der Waals surface area contributed by atoms with Crippen LogP contribution in [0.3, 0.4) is 0 Å². The molecule has 108 valence electrons. The Bertz CT molecular complexity index is 673. The zero-order valence-electron chi connectivity index (χ0n) is 10.8. The molecule has 7 heteroatoms. The monoisotopic (exact) mass is 315 g/mol. The number of amides is 1. The minimum atomic E-state index is -3.79. The summed E-state index contributed by atoms with van der Waals surface area (Å²) in [5.41, 5.74) is 0.661. The number of fused-ring (bicyclic) bond motifs is 1. The molecule has 1 aromatic carbocycles. The quantitative estimate of drug-likeness (QED) is 0.864. The van der Waals surface area contributed by atoms with E-state index in [0.29, 0.717) is 23.8 Å². The Hall–Kier alpha value is -1.27. The van der Waals surface area contributed by atoms with Gasteiger partial charge in [0.2, 0.25) is 5.91 Å². The third-order valence-corrected chi connectivity index (χ3v) is 5.16. The van der Waals surface area contributed by atoms with Gasteiger partial charge >= 0.3 is 0 Å². The standard InChI is InChI=1S/C13H14ClNO4S/c1-7-4-9(7)13(16)15-11-6-19-12-3-2-8(5-10(11)12)20(14,17)18/h2-3,5,7,9,11H,4,6H2,1H3,(H,15,16). The van der Waals surface area contributed by atoms with Crippen LogP contribution in [0, 0.1) is 11.8 Å². The number of halogens is 1. The van der Waals surface area contributed by atoms with E-state index < -0.39 is 9.05 Å². The molecule has 3 unspecified atom stereocenters. The van der Waals surface area contributed by atoms with Crippen molar-refractivity contribution in [3.63, 3.8) is 0 Å². The van der Waals surface area contributed by atoms with Crippen molar-refractivity contribution in [2.24, 2.45) is 11.8 Å². The lowest BCUT2D eigenvalue weighted by molar-refractivity contribution is -0.123. The number of ether oxygens (including phenoxy) is 1. The minimum absolute atomic E-state index is 0.00177. The number of carbonyl (C=O) groups is 1. The number of rotatable bonds is 3. The average molecular weight is 316 g/mol. The molecule has 5 nitrogen and oxygen atoms in total. The Morgan fingerprint density at radius 3 is 2.75 bits per heavy atom. The van der Waals surface area contributed by atoms with E-state index in [-0.39, 0.29) is 22.8 Å². The lowest BCUT2D eigenvalue weighted by atomic mass is 10.1. The molecule has 0 saturated heterocycles. The molecule has 1 amide bonds. The molecule has 1 aliphatic heterocycles. The van der Waals surface area contributed by atoms with Crippen molar-refractivity contribution in [2.75, 3.05) is 6.61 Å². The van der Waals surface area contributed by atoms with E-state index in [1.54, 1.807) is 6.07 Å². The van der Waals surface area contributed by atoms with Crippen LogP contribution in [0.2, 0.25) is 0 Å². The maximum atomic E-state index is 12.0. The van der Waals surface area contributed by atoms with Gasteiger partial charge < -0.3 is 10.1 Å². The van der Waals surface area contributed by atoms with Gasteiger partial charge in [-0.05, 0) is 30.5 Å². The highest BCUT2D eigenvalue weighted by Crippen LogP contribution is 2.40. The van der Waals surface area contributed by atoms with Crippen LogP contribution in [-0.2, 0) is 13.8 Å². The van der Waals surface area contributed by atoms with Gasteiger partial charge in [-0.2, -0.15) is 0 Å². The summed E-state index contributed by atoms with van der Waals surface area (Å²) in [5, 5.41) is 2.90. The second kappa shape index (κ2) is 4.63. The van der Waals surface area contributed by atoms with E-state index in [2.05, 4.69) is 5.32 Å². The largest absolute Gasteiger partial charge is 0.491 e. The van der Waals surface area contributed by atoms with Crippen LogP contribution in [0.5, 0.6) is 5.75 Å². The number of nitrogens with one attached hydrogen (secondary N) is 1. The molecule has 3 atom stereocenters. The van der Waals surface area contributed by atoms with E-state index >= 15 is 0 Å². The van der Waals surface area contributed by atoms with Crippen molar-refractivity contribution in [3.8, 4) is 5.75 Å². The molecule has 0 aromatic heterocycles. The first kappa shape index (κ1) is 13.7. The summed E-state index contributed by atoms with van der Waals surface area (Å²) in [4.78, 5) is 12.0. The highest BCUT2D eigenvalue weighted by atomic mass is 35.7. The number of carbonyl (C=O) groups excluding carboxylic acids is 1. The fourth-order valence-corrected chi connectivity index (χ4v) is 3.22. The highest BCUT2D eigenvalue weighted by molar-refractivity contribution is 8.13. The van der Waals surface area contributed by atoms with Crippen molar-refractivity contribution in [3.05, 3.63) is 23.8 Å². The van der Waals surface area contributed by atoms with Crippen molar-refractivity contribution < 1.29 is 17.9 Å². The summed E-state index contributed by atoms with van der Waals surface area (Å²) in [6.07, 6.45) is 0.905. The Kier molecular flexibility index (Phi) is 3.17. The third-order valence-electron chi connectivity index (χ3n) is 3.81. The molecule has 0 spiro atoms. The SMILES string of the molecule is CC1CC1C(=O)NC1COc2ccc(S(=O)(=O)Cl)cc21. The Balaban J connectivity index is 1.83. The van der Waals surface area contributed by atoms with Gasteiger partial charge in [0.1, 0.15) is 12.4 Å². The van der Waals surface area contributed by atoms with Crippen LogP contribution in [0.25, 0.3) is 0 Å². The van der Waals surface area contributed by atoms with Crippen LogP contribution in [0.1, 0.15) is 24.9 Å².